The molecule has 21 heavy (non-hydrogen) atoms. The van der Waals surface area contributed by atoms with E-state index in [9.17, 15) is 4.79 Å². The van der Waals surface area contributed by atoms with Crippen molar-refractivity contribution in [3.05, 3.63) is 47.2 Å². The standard InChI is InChI=1S/C14H11N3O3S/c15-14(21)17-16-6-10-2-4-12(20-10)8-1-3-11-9(5-8)7-19-13(11)18/h1-6H,7H2,(H3,15,17,21)/b16-6+. The highest BCUT2D eigenvalue weighted by atomic mass is 32.1. The molecule has 2 aromatic rings. The van der Waals surface area contributed by atoms with Gasteiger partial charge in [0.15, 0.2) is 5.11 Å². The van der Waals surface area contributed by atoms with Crippen LogP contribution in [0.2, 0.25) is 0 Å². The van der Waals surface area contributed by atoms with Gasteiger partial charge in [0.1, 0.15) is 18.1 Å². The molecule has 106 valence electrons. The Morgan fingerprint density at radius 3 is 3.05 bits per heavy atom. The maximum absolute atomic E-state index is 11.4. The smallest absolute Gasteiger partial charge is 0.338 e. The van der Waals surface area contributed by atoms with Crippen LogP contribution in [0, 0.1) is 0 Å². The number of rotatable bonds is 3. The molecular weight excluding hydrogens is 290 g/mol. The number of cyclic esters (lactones) is 1. The normalized spacial score (nSPS) is 13.2. The van der Waals surface area contributed by atoms with Crippen molar-refractivity contribution in [2.75, 3.05) is 0 Å². The minimum atomic E-state index is -0.285. The van der Waals surface area contributed by atoms with Crippen molar-refractivity contribution in [2.24, 2.45) is 10.8 Å². The van der Waals surface area contributed by atoms with Gasteiger partial charge in [-0.1, -0.05) is 6.07 Å². The SMILES string of the molecule is NC(=S)N/N=C/c1ccc(-c2ccc3c(c2)COC3=O)o1. The maximum atomic E-state index is 11.4. The first-order valence-corrected chi connectivity index (χ1v) is 6.53. The molecule has 0 aliphatic carbocycles. The molecular formula is C14H11N3O3S. The van der Waals surface area contributed by atoms with E-state index in [1.54, 1.807) is 12.1 Å². The number of furan rings is 1. The monoisotopic (exact) mass is 301 g/mol. The van der Waals surface area contributed by atoms with Gasteiger partial charge in [-0.3, -0.25) is 5.43 Å². The molecule has 0 spiro atoms. The zero-order valence-corrected chi connectivity index (χ0v) is 11.6. The lowest BCUT2D eigenvalue weighted by Crippen LogP contribution is -2.23. The summed E-state index contributed by atoms with van der Waals surface area (Å²) in [5, 5.41) is 3.90. The fraction of sp³-hybridized carbons (Fsp3) is 0.0714. The molecule has 1 aliphatic rings. The minimum absolute atomic E-state index is 0.0846. The van der Waals surface area contributed by atoms with Crippen molar-refractivity contribution in [2.45, 2.75) is 6.61 Å². The molecule has 0 atom stereocenters. The summed E-state index contributed by atoms with van der Waals surface area (Å²) in [5.74, 6) is 0.947. The Bertz CT molecular complexity index is 752. The number of hydrogen-bond acceptors (Lipinski definition) is 5. The summed E-state index contributed by atoms with van der Waals surface area (Å²) in [4.78, 5) is 11.4. The van der Waals surface area contributed by atoms with Crippen molar-refractivity contribution in [1.29, 1.82) is 0 Å². The Morgan fingerprint density at radius 1 is 1.38 bits per heavy atom. The minimum Gasteiger partial charge on any atom is -0.457 e. The van der Waals surface area contributed by atoms with Crippen molar-refractivity contribution < 1.29 is 13.9 Å². The van der Waals surface area contributed by atoms with Crippen LogP contribution in [-0.4, -0.2) is 17.3 Å². The van der Waals surface area contributed by atoms with Crippen LogP contribution in [0.4, 0.5) is 0 Å². The first-order valence-electron chi connectivity index (χ1n) is 6.12. The number of carbonyl (C=O) groups excluding carboxylic acids is 1. The lowest BCUT2D eigenvalue weighted by Gasteiger charge is -1.99. The number of hydrogen-bond donors (Lipinski definition) is 2. The summed E-state index contributed by atoms with van der Waals surface area (Å²) in [5.41, 5.74) is 10.0. The number of fused-ring (bicyclic) bond motifs is 1. The van der Waals surface area contributed by atoms with Crippen molar-refractivity contribution in [3.8, 4) is 11.3 Å². The second-order valence-electron chi connectivity index (χ2n) is 4.38. The Labute approximate surface area is 125 Å². The fourth-order valence-corrected chi connectivity index (χ4v) is 2.08. The highest BCUT2D eigenvalue weighted by Gasteiger charge is 2.21. The first-order chi connectivity index (χ1) is 10.1. The van der Waals surface area contributed by atoms with Crippen molar-refractivity contribution in [1.82, 2.24) is 5.43 Å². The first kappa shape index (κ1) is 13.3. The molecule has 0 amide bonds. The summed E-state index contributed by atoms with van der Waals surface area (Å²) >= 11 is 4.63. The Hall–Kier alpha value is -2.67. The molecule has 0 saturated heterocycles. The van der Waals surface area contributed by atoms with Crippen LogP contribution >= 0.6 is 12.2 Å². The molecule has 1 aromatic heterocycles. The largest absolute Gasteiger partial charge is 0.457 e. The van der Waals surface area contributed by atoms with Crippen LogP contribution in [0.5, 0.6) is 0 Å². The zero-order valence-electron chi connectivity index (χ0n) is 10.8. The number of esters is 1. The van der Waals surface area contributed by atoms with Gasteiger partial charge < -0.3 is 14.9 Å². The second-order valence-corrected chi connectivity index (χ2v) is 4.82. The Balaban J connectivity index is 1.82. The van der Waals surface area contributed by atoms with Gasteiger partial charge in [0.05, 0.1) is 11.8 Å². The number of thiocarbonyl (C=S) groups is 1. The third-order valence-electron chi connectivity index (χ3n) is 2.96. The molecule has 0 fully saturated rings. The third-order valence-corrected chi connectivity index (χ3v) is 3.05. The van der Waals surface area contributed by atoms with Gasteiger partial charge in [-0.05, 0) is 36.5 Å². The van der Waals surface area contributed by atoms with Gasteiger partial charge in [-0.15, -0.1) is 0 Å². The van der Waals surface area contributed by atoms with E-state index in [-0.39, 0.29) is 11.1 Å². The van der Waals surface area contributed by atoms with E-state index in [0.29, 0.717) is 23.7 Å². The van der Waals surface area contributed by atoms with Crippen LogP contribution in [0.3, 0.4) is 0 Å². The molecule has 2 heterocycles. The number of benzene rings is 1. The molecule has 6 nitrogen and oxygen atoms in total. The predicted molar refractivity (Wildman–Crippen MR) is 80.8 cm³/mol. The highest BCUT2D eigenvalue weighted by Crippen LogP contribution is 2.27. The van der Waals surface area contributed by atoms with E-state index in [0.717, 1.165) is 11.1 Å². The molecule has 0 saturated carbocycles. The fourth-order valence-electron chi connectivity index (χ4n) is 2.02. The zero-order chi connectivity index (χ0) is 14.8. The predicted octanol–water partition coefficient (Wildman–Crippen LogP) is 1.78. The summed E-state index contributed by atoms with van der Waals surface area (Å²) in [6.45, 7) is 0.300. The van der Waals surface area contributed by atoms with Gasteiger partial charge in [0.2, 0.25) is 0 Å². The van der Waals surface area contributed by atoms with Gasteiger partial charge in [0, 0.05) is 11.1 Å². The quantitative estimate of drug-likeness (QED) is 0.389. The summed E-state index contributed by atoms with van der Waals surface area (Å²) in [7, 11) is 0. The van der Waals surface area contributed by atoms with Gasteiger partial charge in [-0.25, -0.2) is 4.79 Å². The Morgan fingerprint density at radius 2 is 2.24 bits per heavy atom. The van der Waals surface area contributed by atoms with Crippen LogP contribution in [0.15, 0.2) is 39.9 Å². The number of carbonyl (C=O) groups is 1. The van der Waals surface area contributed by atoms with Crippen molar-refractivity contribution in [3.63, 3.8) is 0 Å². The van der Waals surface area contributed by atoms with E-state index in [1.807, 2.05) is 18.2 Å². The van der Waals surface area contributed by atoms with Gasteiger partial charge in [-0.2, -0.15) is 5.10 Å². The molecule has 7 heteroatoms. The summed E-state index contributed by atoms with van der Waals surface area (Å²) in [6, 6.07) is 9.03. The molecule has 3 rings (SSSR count). The van der Waals surface area contributed by atoms with E-state index in [2.05, 4.69) is 22.7 Å². The van der Waals surface area contributed by atoms with Crippen LogP contribution in [0.1, 0.15) is 21.7 Å². The Kier molecular flexibility index (Phi) is 3.41. The summed E-state index contributed by atoms with van der Waals surface area (Å²) in [6.07, 6.45) is 1.47. The number of ether oxygens (including phenoxy) is 1. The second kappa shape index (κ2) is 5.37. The average molecular weight is 301 g/mol. The molecule has 1 aliphatic heterocycles. The number of nitrogens with two attached hydrogens (primary N) is 1. The van der Waals surface area contributed by atoms with Crippen LogP contribution < -0.4 is 11.2 Å². The van der Waals surface area contributed by atoms with E-state index < -0.39 is 0 Å². The lowest BCUT2D eigenvalue weighted by molar-refractivity contribution is 0.0535. The topological polar surface area (TPSA) is 89.9 Å². The molecule has 0 radical (unpaired) electrons. The molecule has 3 N–H and O–H groups in total. The molecule has 1 aromatic carbocycles. The number of nitrogens with zero attached hydrogens (tertiary/aromatic N) is 1. The van der Waals surface area contributed by atoms with E-state index >= 15 is 0 Å². The van der Waals surface area contributed by atoms with E-state index in [1.165, 1.54) is 6.21 Å². The third kappa shape index (κ3) is 2.77. The number of nitrogens with one attached hydrogen (secondary N) is 1. The van der Waals surface area contributed by atoms with Gasteiger partial charge >= 0.3 is 5.97 Å². The molecule has 0 unspecified atom stereocenters. The van der Waals surface area contributed by atoms with Crippen LogP contribution in [-0.2, 0) is 11.3 Å². The lowest BCUT2D eigenvalue weighted by atomic mass is 10.0. The van der Waals surface area contributed by atoms with E-state index in [4.69, 9.17) is 14.9 Å². The van der Waals surface area contributed by atoms with Crippen LogP contribution in [0.25, 0.3) is 11.3 Å². The van der Waals surface area contributed by atoms with Crippen molar-refractivity contribution >= 4 is 29.5 Å². The average Bonchev–Trinajstić information content (AvgIpc) is 3.06. The maximum Gasteiger partial charge on any atom is 0.338 e. The summed E-state index contributed by atoms with van der Waals surface area (Å²) < 4.78 is 10.6. The van der Waals surface area contributed by atoms with Gasteiger partial charge in [0.25, 0.3) is 0 Å². The molecule has 0 bridgehead atoms. The number of hydrazone groups is 1. The highest BCUT2D eigenvalue weighted by molar-refractivity contribution is 7.80.